The Morgan fingerprint density at radius 1 is 1.03 bits per heavy atom. The molecule has 1 aliphatic heterocycles. The normalized spacial score (nSPS) is 13.5. The van der Waals surface area contributed by atoms with Crippen LogP contribution in [-0.2, 0) is 11.2 Å². The number of piperidine rings is 1. The monoisotopic (exact) mass is 444 g/mol. The maximum absolute atomic E-state index is 12.5. The van der Waals surface area contributed by atoms with Crippen LogP contribution < -0.4 is 14.8 Å². The standard InChI is InChI=1S/C24H29ClN2O4/c1-2-30-22-16-19(24(29)26-12-11-18-7-6-8-20(25)15-18)9-10-21(22)31-17-23(28)27-13-4-3-5-14-27/h6-10,15-16H,2-5,11-14,17H2,1H3,(H,26,29). The third-order valence-electron chi connectivity index (χ3n) is 5.15. The first-order chi connectivity index (χ1) is 15.1. The van der Waals surface area contributed by atoms with E-state index in [9.17, 15) is 9.59 Å². The van der Waals surface area contributed by atoms with Crippen molar-refractivity contribution < 1.29 is 19.1 Å². The first-order valence-corrected chi connectivity index (χ1v) is 11.1. The number of hydrogen-bond acceptors (Lipinski definition) is 4. The summed E-state index contributed by atoms with van der Waals surface area (Å²) in [6, 6.07) is 12.6. The van der Waals surface area contributed by atoms with Gasteiger partial charge >= 0.3 is 0 Å². The number of carbonyl (C=O) groups excluding carboxylic acids is 2. The van der Waals surface area contributed by atoms with Gasteiger partial charge in [0.05, 0.1) is 6.61 Å². The van der Waals surface area contributed by atoms with Crippen LogP contribution in [0.5, 0.6) is 11.5 Å². The number of carbonyl (C=O) groups is 2. The molecule has 0 atom stereocenters. The van der Waals surface area contributed by atoms with Gasteiger partial charge in [0.2, 0.25) is 0 Å². The Kier molecular flexibility index (Phi) is 8.59. The molecule has 3 rings (SSSR count). The molecular weight excluding hydrogens is 416 g/mol. The summed E-state index contributed by atoms with van der Waals surface area (Å²) in [5.41, 5.74) is 1.54. The van der Waals surface area contributed by atoms with E-state index < -0.39 is 0 Å². The summed E-state index contributed by atoms with van der Waals surface area (Å²) < 4.78 is 11.4. The molecule has 0 aromatic heterocycles. The lowest BCUT2D eigenvalue weighted by Gasteiger charge is -2.26. The molecule has 6 nitrogen and oxygen atoms in total. The van der Waals surface area contributed by atoms with Crippen LogP contribution in [-0.4, -0.2) is 49.6 Å². The van der Waals surface area contributed by atoms with E-state index in [1.54, 1.807) is 18.2 Å². The Hall–Kier alpha value is -2.73. The van der Waals surface area contributed by atoms with Crippen LogP contribution >= 0.6 is 11.6 Å². The van der Waals surface area contributed by atoms with Crippen LogP contribution in [0.15, 0.2) is 42.5 Å². The number of amides is 2. The van der Waals surface area contributed by atoms with Crippen LogP contribution in [0, 0.1) is 0 Å². The summed E-state index contributed by atoms with van der Waals surface area (Å²) in [5.74, 6) is 0.697. The number of halogens is 1. The molecule has 1 aliphatic rings. The molecule has 31 heavy (non-hydrogen) atoms. The number of nitrogens with zero attached hydrogens (tertiary/aromatic N) is 1. The van der Waals surface area contributed by atoms with Crippen molar-refractivity contribution in [1.29, 1.82) is 0 Å². The van der Waals surface area contributed by atoms with Crippen LogP contribution in [0.4, 0.5) is 0 Å². The summed E-state index contributed by atoms with van der Waals surface area (Å²) in [5, 5.41) is 3.59. The van der Waals surface area contributed by atoms with Crippen LogP contribution in [0.2, 0.25) is 5.02 Å². The Bertz CT molecular complexity index is 897. The summed E-state index contributed by atoms with van der Waals surface area (Å²) >= 11 is 6.00. The van der Waals surface area contributed by atoms with Crippen molar-refractivity contribution in [3.63, 3.8) is 0 Å². The van der Waals surface area contributed by atoms with Gasteiger partial charge in [-0.3, -0.25) is 9.59 Å². The highest BCUT2D eigenvalue weighted by molar-refractivity contribution is 6.30. The third kappa shape index (κ3) is 6.89. The van der Waals surface area contributed by atoms with E-state index in [0.717, 1.165) is 31.5 Å². The first kappa shape index (κ1) is 22.9. The van der Waals surface area contributed by atoms with Crippen molar-refractivity contribution in [3.8, 4) is 11.5 Å². The van der Waals surface area contributed by atoms with Gasteiger partial charge in [0.25, 0.3) is 11.8 Å². The van der Waals surface area contributed by atoms with Gasteiger partial charge in [0, 0.05) is 30.2 Å². The molecular formula is C24H29ClN2O4. The number of rotatable bonds is 9. The summed E-state index contributed by atoms with van der Waals surface area (Å²) in [7, 11) is 0. The summed E-state index contributed by atoms with van der Waals surface area (Å²) in [6.45, 7) is 4.32. The van der Waals surface area contributed by atoms with Crippen LogP contribution in [0.25, 0.3) is 0 Å². The van der Waals surface area contributed by atoms with Gasteiger partial charge < -0.3 is 19.7 Å². The second-order valence-electron chi connectivity index (χ2n) is 7.46. The Balaban J connectivity index is 1.56. The number of hydrogen-bond donors (Lipinski definition) is 1. The zero-order chi connectivity index (χ0) is 22.1. The topological polar surface area (TPSA) is 67.9 Å². The molecule has 0 aliphatic carbocycles. The summed E-state index contributed by atoms with van der Waals surface area (Å²) in [4.78, 5) is 26.7. The van der Waals surface area contributed by atoms with Gasteiger partial charge in [-0.05, 0) is 68.5 Å². The van der Waals surface area contributed by atoms with E-state index in [0.29, 0.717) is 41.7 Å². The number of likely N-dealkylation sites (tertiary alicyclic amines) is 1. The molecule has 2 aromatic carbocycles. The van der Waals surface area contributed by atoms with E-state index in [1.807, 2.05) is 36.1 Å². The molecule has 0 unspecified atom stereocenters. The molecule has 0 saturated carbocycles. The lowest BCUT2D eigenvalue weighted by Crippen LogP contribution is -2.38. The first-order valence-electron chi connectivity index (χ1n) is 10.8. The summed E-state index contributed by atoms with van der Waals surface area (Å²) in [6.07, 6.45) is 3.93. The predicted octanol–water partition coefficient (Wildman–Crippen LogP) is 4.10. The van der Waals surface area contributed by atoms with E-state index in [2.05, 4.69) is 5.32 Å². The van der Waals surface area contributed by atoms with E-state index >= 15 is 0 Å². The average molecular weight is 445 g/mol. The predicted molar refractivity (Wildman–Crippen MR) is 121 cm³/mol. The maximum Gasteiger partial charge on any atom is 0.260 e. The molecule has 2 amide bonds. The largest absolute Gasteiger partial charge is 0.490 e. The van der Waals surface area contributed by atoms with E-state index in [1.165, 1.54) is 6.42 Å². The van der Waals surface area contributed by atoms with Gasteiger partial charge in [0.1, 0.15) is 0 Å². The average Bonchev–Trinajstić information content (AvgIpc) is 2.78. The smallest absolute Gasteiger partial charge is 0.260 e. The van der Waals surface area contributed by atoms with E-state index in [4.69, 9.17) is 21.1 Å². The van der Waals surface area contributed by atoms with Crippen molar-refractivity contribution >= 4 is 23.4 Å². The van der Waals surface area contributed by atoms with Crippen molar-refractivity contribution in [3.05, 3.63) is 58.6 Å². The molecule has 1 fully saturated rings. The zero-order valence-corrected chi connectivity index (χ0v) is 18.6. The minimum absolute atomic E-state index is 0.0232. The molecule has 1 N–H and O–H groups in total. The highest BCUT2D eigenvalue weighted by atomic mass is 35.5. The molecule has 166 valence electrons. The highest BCUT2D eigenvalue weighted by Gasteiger charge is 2.18. The SMILES string of the molecule is CCOc1cc(C(=O)NCCc2cccc(Cl)c2)ccc1OCC(=O)N1CCCCC1. The van der Waals surface area contributed by atoms with Gasteiger partial charge in [0.15, 0.2) is 18.1 Å². The molecule has 0 radical (unpaired) electrons. The van der Waals surface area contributed by atoms with E-state index in [-0.39, 0.29) is 18.4 Å². The Labute approximate surface area is 188 Å². The molecule has 2 aromatic rings. The molecule has 7 heteroatoms. The molecule has 0 spiro atoms. The number of benzene rings is 2. The Morgan fingerprint density at radius 3 is 2.58 bits per heavy atom. The van der Waals surface area contributed by atoms with Crippen molar-refractivity contribution in [2.45, 2.75) is 32.6 Å². The van der Waals surface area contributed by atoms with Gasteiger partial charge in [-0.2, -0.15) is 0 Å². The van der Waals surface area contributed by atoms with Crippen molar-refractivity contribution in [2.75, 3.05) is 32.8 Å². The molecule has 0 bridgehead atoms. The quantitative estimate of drug-likeness (QED) is 0.632. The molecule has 1 saturated heterocycles. The highest BCUT2D eigenvalue weighted by Crippen LogP contribution is 2.28. The van der Waals surface area contributed by atoms with Gasteiger partial charge in [-0.1, -0.05) is 23.7 Å². The fourth-order valence-electron chi connectivity index (χ4n) is 3.53. The lowest BCUT2D eigenvalue weighted by atomic mass is 10.1. The minimum atomic E-state index is -0.195. The minimum Gasteiger partial charge on any atom is -0.490 e. The zero-order valence-electron chi connectivity index (χ0n) is 17.9. The maximum atomic E-state index is 12.5. The molecule has 1 heterocycles. The lowest BCUT2D eigenvalue weighted by molar-refractivity contribution is -0.134. The Morgan fingerprint density at radius 2 is 1.84 bits per heavy atom. The number of ether oxygens (including phenoxy) is 2. The van der Waals surface area contributed by atoms with Crippen LogP contribution in [0.1, 0.15) is 42.1 Å². The number of nitrogens with one attached hydrogen (secondary N) is 1. The second-order valence-corrected chi connectivity index (χ2v) is 7.90. The van der Waals surface area contributed by atoms with Crippen LogP contribution in [0.3, 0.4) is 0 Å². The third-order valence-corrected chi connectivity index (χ3v) is 5.39. The van der Waals surface area contributed by atoms with Crippen molar-refractivity contribution in [2.24, 2.45) is 0 Å². The van der Waals surface area contributed by atoms with Crippen molar-refractivity contribution in [1.82, 2.24) is 10.2 Å². The van der Waals surface area contributed by atoms with Gasteiger partial charge in [-0.25, -0.2) is 0 Å². The second kappa shape index (κ2) is 11.6. The van der Waals surface area contributed by atoms with Gasteiger partial charge in [-0.15, -0.1) is 0 Å². The fourth-order valence-corrected chi connectivity index (χ4v) is 3.74. The fraction of sp³-hybridized carbons (Fsp3) is 0.417.